The van der Waals surface area contributed by atoms with Gasteiger partial charge in [-0.1, -0.05) is 42.5 Å². The zero-order valence-electron chi connectivity index (χ0n) is 18.7. The molecule has 7 nitrogen and oxygen atoms in total. The van der Waals surface area contributed by atoms with Gasteiger partial charge in [-0.05, 0) is 48.0 Å². The third kappa shape index (κ3) is 5.66. The number of benzene rings is 2. The van der Waals surface area contributed by atoms with Gasteiger partial charge in [0.1, 0.15) is 0 Å². The number of anilines is 1. The Morgan fingerprint density at radius 2 is 1.82 bits per heavy atom. The fraction of sp³-hybridized carbons (Fsp3) is 0.200. The smallest absolute Gasteiger partial charge is 0.213 e. The van der Waals surface area contributed by atoms with E-state index in [1.165, 1.54) is 7.05 Å². The Balaban J connectivity index is 1.69. The Kier molecular flexibility index (Phi) is 6.86. The lowest BCUT2D eigenvalue weighted by molar-refractivity contribution is 0.587. The molecule has 0 saturated heterocycles. The van der Waals surface area contributed by atoms with Gasteiger partial charge in [0.15, 0.2) is 0 Å². The van der Waals surface area contributed by atoms with Crippen LogP contribution in [-0.4, -0.2) is 49.6 Å². The molecule has 4 rings (SSSR count). The van der Waals surface area contributed by atoms with Gasteiger partial charge in [-0.2, -0.15) is 5.10 Å². The maximum atomic E-state index is 11.9. The van der Waals surface area contributed by atoms with E-state index >= 15 is 0 Å². The molecule has 0 fully saturated rings. The second kappa shape index (κ2) is 9.97. The molecule has 0 aliphatic heterocycles. The fourth-order valence-electron chi connectivity index (χ4n) is 3.64. The van der Waals surface area contributed by atoms with Crippen LogP contribution in [0.25, 0.3) is 22.4 Å². The van der Waals surface area contributed by atoms with Gasteiger partial charge in [0.05, 0.1) is 18.0 Å². The van der Waals surface area contributed by atoms with Crippen molar-refractivity contribution in [3.05, 3.63) is 90.9 Å². The summed E-state index contributed by atoms with van der Waals surface area (Å²) in [5.74, 6) is 0.00925. The highest BCUT2D eigenvalue weighted by atomic mass is 32.2. The largest absolute Gasteiger partial charge is 0.373 e. The highest BCUT2D eigenvalue weighted by Gasteiger charge is 2.16. The van der Waals surface area contributed by atoms with Crippen LogP contribution in [0.15, 0.2) is 85.3 Å². The molecule has 0 bridgehead atoms. The molecule has 8 heteroatoms. The van der Waals surface area contributed by atoms with E-state index in [0.717, 1.165) is 33.6 Å². The SMILES string of the molecule is CNS(=O)(=O)CCN(C)c1ccc(-c2ccccc2)cc1-c1ccn(Cc2cccnc2)n1. The van der Waals surface area contributed by atoms with E-state index in [-0.39, 0.29) is 5.75 Å². The lowest BCUT2D eigenvalue weighted by Gasteiger charge is -2.22. The molecule has 2 aromatic heterocycles. The van der Waals surface area contributed by atoms with Gasteiger partial charge < -0.3 is 4.90 Å². The van der Waals surface area contributed by atoms with Crippen molar-refractivity contribution in [2.75, 3.05) is 31.3 Å². The summed E-state index contributed by atoms with van der Waals surface area (Å²) >= 11 is 0. The quantitative estimate of drug-likeness (QED) is 0.412. The van der Waals surface area contributed by atoms with E-state index < -0.39 is 10.0 Å². The van der Waals surface area contributed by atoms with Crippen molar-refractivity contribution in [3.8, 4) is 22.4 Å². The molecule has 4 aromatic rings. The van der Waals surface area contributed by atoms with E-state index in [9.17, 15) is 8.42 Å². The van der Waals surface area contributed by atoms with Crippen molar-refractivity contribution in [1.82, 2.24) is 19.5 Å². The molecule has 1 N–H and O–H groups in total. The molecule has 2 aromatic carbocycles. The average molecular weight is 462 g/mol. The van der Waals surface area contributed by atoms with E-state index in [4.69, 9.17) is 5.10 Å². The summed E-state index contributed by atoms with van der Waals surface area (Å²) in [6, 6.07) is 22.3. The van der Waals surface area contributed by atoms with Crippen molar-refractivity contribution < 1.29 is 8.42 Å². The maximum absolute atomic E-state index is 11.9. The summed E-state index contributed by atoms with van der Waals surface area (Å²) in [6.07, 6.45) is 5.54. The summed E-state index contributed by atoms with van der Waals surface area (Å²) in [4.78, 5) is 6.13. The Hall–Kier alpha value is -3.49. The first-order valence-corrected chi connectivity index (χ1v) is 12.3. The van der Waals surface area contributed by atoms with Crippen LogP contribution in [0, 0.1) is 0 Å². The van der Waals surface area contributed by atoms with E-state index in [2.05, 4.69) is 34.0 Å². The number of rotatable bonds is 9. The van der Waals surface area contributed by atoms with Gasteiger partial charge >= 0.3 is 0 Å². The van der Waals surface area contributed by atoms with Crippen LogP contribution in [0.4, 0.5) is 5.69 Å². The molecule has 0 amide bonds. The van der Waals surface area contributed by atoms with Crippen LogP contribution in [0.5, 0.6) is 0 Å². The van der Waals surface area contributed by atoms with E-state index in [1.807, 2.05) is 71.5 Å². The first kappa shape index (κ1) is 22.7. The molecule has 0 unspecified atom stereocenters. The summed E-state index contributed by atoms with van der Waals surface area (Å²) in [5, 5.41) is 4.81. The molecule has 0 atom stereocenters. The summed E-state index contributed by atoms with van der Waals surface area (Å²) in [7, 11) is 0.0375. The van der Waals surface area contributed by atoms with Gasteiger partial charge in [0, 0.05) is 43.4 Å². The summed E-state index contributed by atoms with van der Waals surface area (Å²) in [5.41, 5.74) is 5.96. The third-order valence-electron chi connectivity index (χ3n) is 5.51. The standard InChI is InChI=1S/C25H27N5O2S/c1-26-33(31,32)16-15-29(2)25-11-10-22(21-8-4-3-5-9-21)17-23(25)24-12-14-30(28-24)19-20-7-6-13-27-18-20/h3-14,17-18,26H,15-16,19H2,1-2H3. The minimum Gasteiger partial charge on any atom is -0.373 e. The van der Waals surface area contributed by atoms with Crippen LogP contribution in [-0.2, 0) is 16.6 Å². The third-order valence-corrected chi connectivity index (χ3v) is 6.85. The number of nitrogens with zero attached hydrogens (tertiary/aromatic N) is 4. The molecule has 0 radical (unpaired) electrons. The highest BCUT2D eigenvalue weighted by Crippen LogP contribution is 2.34. The summed E-state index contributed by atoms with van der Waals surface area (Å²) < 4.78 is 28.2. The maximum Gasteiger partial charge on any atom is 0.213 e. The van der Waals surface area contributed by atoms with Crippen LogP contribution in [0.2, 0.25) is 0 Å². The van der Waals surface area contributed by atoms with Gasteiger partial charge in [0.2, 0.25) is 10.0 Å². The highest BCUT2D eigenvalue weighted by molar-refractivity contribution is 7.89. The van der Waals surface area contributed by atoms with Crippen LogP contribution in [0.1, 0.15) is 5.56 Å². The number of sulfonamides is 1. The Labute approximate surface area is 194 Å². The molecule has 170 valence electrons. The normalized spacial score (nSPS) is 11.5. The van der Waals surface area contributed by atoms with Crippen molar-refractivity contribution in [1.29, 1.82) is 0 Å². The first-order valence-electron chi connectivity index (χ1n) is 10.7. The molecule has 0 saturated carbocycles. The van der Waals surface area contributed by atoms with E-state index in [0.29, 0.717) is 13.1 Å². The van der Waals surface area contributed by atoms with Crippen molar-refractivity contribution in [2.45, 2.75) is 6.54 Å². The Bertz CT molecular complexity index is 1310. The minimum atomic E-state index is -3.30. The minimum absolute atomic E-state index is 0.00925. The van der Waals surface area contributed by atoms with Crippen LogP contribution in [0.3, 0.4) is 0 Å². The van der Waals surface area contributed by atoms with Crippen molar-refractivity contribution >= 4 is 15.7 Å². The van der Waals surface area contributed by atoms with Crippen molar-refractivity contribution in [2.24, 2.45) is 0 Å². The number of hydrogen-bond donors (Lipinski definition) is 1. The first-order chi connectivity index (χ1) is 15.9. The monoisotopic (exact) mass is 461 g/mol. The Morgan fingerprint density at radius 1 is 1.00 bits per heavy atom. The Morgan fingerprint density at radius 3 is 2.55 bits per heavy atom. The number of pyridine rings is 1. The number of nitrogens with one attached hydrogen (secondary N) is 1. The van der Waals surface area contributed by atoms with Crippen LogP contribution < -0.4 is 9.62 Å². The molecular weight excluding hydrogens is 434 g/mol. The second-order valence-electron chi connectivity index (χ2n) is 7.80. The summed E-state index contributed by atoms with van der Waals surface area (Å²) in [6.45, 7) is 0.981. The van der Waals surface area contributed by atoms with Crippen LogP contribution >= 0.6 is 0 Å². The zero-order valence-corrected chi connectivity index (χ0v) is 19.5. The topological polar surface area (TPSA) is 80.1 Å². The predicted octanol–water partition coefficient (Wildman–Crippen LogP) is 3.65. The second-order valence-corrected chi connectivity index (χ2v) is 9.85. The molecule has 33 heavy (non-hydrogen) atoms. The zero-order chi connectivity index (χ0) is 23.3. The lowest BCUT2D eigenvalue weighted by atomic mass is 10.00. The fourth-order valence-corrected chi connectivity index (χ4v) is 4.35. The lowest BCUT2D eigenvalue weighted by Crippen LogP contribution is -2.31. The molecule has 0 aliphatic rings. The molecular formula is C25H27N5O2S. The molecule has 2 heterocycles. The predicted molar refractivity (Wildman–Crippen MR) is 133 cm³/mol. The number of aromatic nitrogens is 3. The van der Waals surface area contributed by atoms with Gasteiger partial charge in [-0.3, -0.25) is 9.67 Å². The van der Waals surface area contributed by atoms with Crippen molar-refractivity contribution in [3.63, 3.8) is 0 Å². The number of hydrogen-bond acceptors (Lipinski definition) is 5. The van der Waals surface area contributed by atoms with Gasteiger partial charge in [0.25, 0.3) is 0 Å². The molecule has 0 aliphatic carbocycles. The van der Waals surface area contributed by atoms with E-state index in [1.54, 1.807) is 6.20 Å². The van der Waals surface area contributed by atoms with Gasteiger partial charge in [-0.15, -0.1) is 0 Å². The molecule has 0 spiro atoms. The van der Waals surface area contributed by atoms with Gasteiger partial charge in [-0.25, -0.2) is 13.1 Å². The average Bonchev–Trinajstić information content (AvgIpc) is 3.32.